The van der Waals surface area contributed by atoms with Crippen molar-refractivity contribution in [2.75, 3.05) is 20.8 Å². The maximum atomic E-state index is 13.2. The van der Waals surface area contributed by atoms with Gasteiger partial charge in [-0.05, 0) is 37.5 Å². The standard InChI is InChI=1S/C19H23NO4S/c1-14-6-4-7-15(12-14)17-8-5-11-20(17)25(21,22)16-9-10-18(23-2)19(13-16)24-3/h4,6-7,9-10,12-13,17H,5,8,11H2,1-3H3/t17-/m0/s1. The van der Waals surface area contributed by atoms with Crippen molar-refractivity contribution >= 4 is 10.0 Å². The van der Waals surface area contributed by atoms with Crippen LogP contribution >= 0.6 is 0 Å². The number of aryl methyl sites for hydroxylation is 1. The highest BCUT2D eigenvalue weighted by atomic mass is 32.2. The maximum Gasteiger partial charge on any atom is 0.243 e. The van der Waals surface area contributed by atoms with Crippen LogP contribution in [0.2, 0.25) is 0 Å². The van der Waals surface area contributed by atoms with Crippen LogP contribution in [0.1, 0.15) is 30.0 Å². The van der Waals surface area contributed by atoms with Gasteiger partial charge in [0.2, 0.25) is 10.0 Å². The van der Waals surface area contributed by atoms with E-state index in [1.165, 1.54) is 20.3 Å². The van der Waals surface area contributed by atoms with Gasteiger partial charge >= 0.3 is 0 Å². The molecule has 1 aliphatic rings. The highest BCUT2D eigenvalue weighted by Gasteiger charge is 2.36. The first-order valence-corrected chi connectivity index (χ1v) is 9.72. The Bertz CT molecular complexity index is 863. The van der Waals surface area contributed by atoms with E-state index in [2.05, 4.69) is 6.07 Å². The molecule has 2 aromatic rings. The molecule has 0 spiro atoms. The van der Waals surface area contributed by atoms with Gasteiger partial charge in [0.05, 0.1) is 25.2 Å². The first-order valence-electron chi connectivity index (χ1n) is 8.28. The molecule has 0 aliphatic carbocycles. The largest absolute Gasteiger partial charge is 0.493 e. The molecule has 25 heavy (non-hydrogen) atoms. The Morgan fingerprint density at radius 3 is 2.48 bits per heavy atom. The normalized spacial score (nSPS) is 18.3. The van der Waals surface area contributed by atoms with E-state index in [-0.39, 0.29) is 10.9 Å². The van der Waals surface area contributed by atoms with Gasteiger partial charge in [-0.1, -0.05) is 29.8 Å². The smallest absolute Gasteiger partial charge is 0.243 e. The van der Waals surface area contributed by atoms with Crippen molar-refractivity contribution in [2.24, 2.45) is 0 Å². The van der Waals surface area contributed by atoms with Crippen LogP contribution in [0.3, 0.4) is 0 Å². The van der Waals surface area contributed by atoms with Crippen LogP contribution in [0.25, 0.3) is 0 Å². The fraction of sp³-hybridized carbons (Fsp3) is 0.368. The molecule has 1 heterocycles. The SMILES string of the molecule is COc1ccc(S(=O)(=O)N2CCC[C@H]2c2cccc(C)c2)cc1OC. The molecule has 2 aromatic carbocycles. The second kappa shape index (κ2) is 7.06. The number of methoxy groups -OCH3 is 2. The summed E-state index contributed by atoms with van der Waals surface area (Å²) in [5, 5.41) is 0. The fourth-order valence-corrected chi connectivity index (χ4v) is 5.05. The van der Waals surface area contributed by atoms with Crippen molar-refractivity contribution in [1.82, 2.24) is 4.31 Å². The van der Waals surface area contributed by atoms with E-state index >= 15 is 0 Å². The Kier molecular flexibility index (Phi) is 5.01. The van der Waals surface area contributed by atoms with E-state index in [1.807, 2.05) is 25.1 Å². The van der Waals surface area contributed by atoms with Crippen molar-refractivity contribution in [3.05, 3.63) is 53.6 Å². The minimum Gasteiger partial charge on any atom is -0.493 e. The summed E-state index contributed by atoms with van der Waals surface area (Å²) in [5.74, 6) is 0.924. The highest BCUT2D eigenvalue weighted by molar-refractivity contribution is 7.89. The minimum absolute atomic E-state index is 0.127. The van der Waals surface area contributed by atoms with Crippen LogP contribution in [-0.4, -0.2) is 33.5 Å². The first-order chi connectivity index (χ1) is 12.0. The Hall–Kier alpha value is -2.05. The zero-order valence-electron chi connectivity index (χ0n) is 14.7. The summed E-state index contributed by atoms with van der Waals surface area (Å²) >= 11 is 0. The van der Waals surface area contributed by atoms with Gasteiger partial charge in [-0.3, -0.25) is 0 Å². The number of rotatable bonds is 5. The molecule has 0 bridgehead atoms. The molecule has 1 saturated heterocycles. The molecule has 0 saturated carbocycles. The number of nitrogens with zero attached hydrogens (tertiary/aromatic N) is 1. The molecule has 1 aliphatic heterocycles. The van der Waals surface area contributed by atoms with Crippen LogP contribution in [0.5, 0.6) is 11.5 Å². The summed E-state index contributed by atoms with van der Waals surface area (Å²) in [4.78, 5) is 0.227. The van der Waals surface area contributed by atoms with Crippen molar-refractivity contribution in [1.29, 1.82) is 0 Å². The molecule has 5 nitrogen and oxygen atoms in total. The average Bonchev–Trinajstić information content (AvgIpc) is 3.11. The van der Waals surface area contributed by atoms with Crippen molar-refractivity contribution < 1.29 is 17.9 Å². The molecule has 134 valence electrons. The fourth-order valence-electron chi connectivity index (χ4n) is 3.35. The van der Waals surface area contributed by atoms with Gasteiger partial charge in [-0.25, -0.2) is 8.42 Å². The summed E-state index contributed by atoms with van der Waals surface area (Å²) in [5.41, 5.74) is 2.18. The average molecular weight is 361 g/mol. The lowest BCUT2D eigenvalue weighted by atomic mass is 10.0. The number of hydrogen-bond donors (Lipinski definition) is 0. The van der Waals surface area contributed by atoms with Gasteiger partial charge in [-0.15, -0.1) is 0 Å². The second-order valence-corrected chi connectivity index (χ2v) is 8.10. The first kappa shape index (κ1) is 17.8. The number of benzene rings is 2. The minimum atomic E-state index is -3.61. The summed E-state index contributed by atoms with van der Waals surface area (Å²) < 4.78 is 38.5. The molecule has 1 fully saturated rings. The molecule has 0 radical (unpaired) electrons. The van der Waals surface area contributed by atoms with Crippen LogP contribution < -0.4 is 9.47 Å². The van der Waals surface area contributed by atoms with E-state index in [1.54, 1.807) is 16.4 Å². The van der Waals surface area contributed by atoms with Gasteiger partial charge < -0.3 is 9.47 Å². The monoisotopic (exact) mass is 361 g/mol. The lowest BCUT2D eigenvalue weighted by molar-refractivity contribution is 0.353. The van der Waals surface area contributed by atoms with Crippen molar-refractivity contribution in [3.8, 4) is 11.5 Å². The topological polar surface area (TPSA) is 55.8 Å². The van der Waals surface area contributed by atoms with Crippen LogP contribution in [0.15, 0.2) is 47.4 Å². The molecule has 6 heteroatoms. The Balaban J connectivity index is 1.99. The predicted molar refractivity (Wildman–Crippen MR) is 96.6 cm³/mol. The molecule has 0 amide bonds. The van der Waals surface area contributed by atoms with E-state index < -0.39 is 10.0 Å². The zero-order chi connectivity index (χ0) is 18.0. The van der Waals surface area contributed by atoms with E-state index in [4.69, 9.17) is 9.47 Å². The maximum absolute atomic E-state index is 13.2. The molecule has 0 N–H and O–H groups in total. The summed E-state index contributed by atoms with van der Waals surface area (Å²) in [6, 6.07) is 12.7. The molecule has 1 atom stereocenters. The van der Waals surface area contributed by atoms with E-state index in [0.29, 0.717) is 18.0 Å². The molecule has 0 unspecified atom stereocenters. The van der Waals surface area contributed by atoms with Crippen molar-refractivity contribution in [2.45, 2.75) is 30.7 Å². The quantitative estimate of drug-likeness (QED) is 0.817. The Morgan fingerprint density at radius 2 is 1.80 bits per heavy atom. The Morgan fingerprint density at radius 1 is 1.04 bits per heavy atom. The van der Waals surface area contributed by atoms with Gasteiger partial charge in [-0.2, -0.15) is 4.31 Å². The summed E-state index contributed by atoms with van der Waals surface area (Å²) in [6.07, 6.45) is 1.68. The third kappa shape index (κ3) is 3.37. The summed E-state index contributed by atoms with van der Waals surface area (Å²) in [6.45, 7) is 2.54. The summed E-state index contributed by atoms with van der Waals surface area (Å²) in [7, 11) is -0.581. The third-order valence-corrected chi connectivity index (χ3v) is 6.50. The van der Waals surface area contributed by atoms with Gasteiger partial charge in [0.15, 0.2) is 11.5 Å². The number of hydrogen-bond acceptors (Lipinski definition) is 4. The van der Waals surface area contributed by atoms with Gasteiger partial charge in [0.25, 0.3) is 0 Å². The molecular formula is C19H23NO4S. The predicted octanol–water partition coefficient (Wildman–Crippen LogP) is 3.54. The molecular weight excluding hydrogens is 338 g/mol. The number of sulfonamides is 1. The van der Waals surface area contributed by atoms with E-state index in [0.717, 1.165) is 24.0 Å². The van der Waals surface area contributed by atoms with Crippen LogP contribution in [0.4, 0.5) is 0 Å². The lowest BCUT2D eigenvalue weighted by Crippen LogP contribution is -2.30. The van der Waals surface area contributed by atoms with Crippen molar-refractivity contribution in [3.63, 3.8) is 0 Å². The van der Waals surface area contributed by atoms with E-state index in [9.17, 15) is 8.42 Å². The van der Waals surface area contributed by atoms with Crippen LogP contribution in [0, 0.1) is 6.92 Å². The molecule has 3 rings (SSSR count). The molecule has 0 aromatic heterocycles. The Labute approximate surface area is 149 Å². The second-order valence-electron chi connectivity index (χ2n) is 6.20. The van der Waals surface area contributed by atoms with Crippen LogP contribution in [-0.2, 0) is 10.0 Å². The lowest BCUT2D eigenvalue weighted by Gasteiger charge is -2.25. The zero-order valence-corrected chi connectivity index (χ0v) is 15.5. The van der Waals surface area contributed by atoms with Gasteiger partial charge in [0, 0.05) is 12.6 Å². The highest BCUT2D eigenvalue weighted by Crippen LogP contribution is 2.38. The van der Waals surface area contributed by atoms with Gasteiger partial charge in [0.1, 0.15) is 0 Å². The number of ether oxygens (including phenoxy) is 2. The third-order valence-electron chi connectivity index (χ3n) is 4.59.